The maximum absolute atomic E-state index is 11.2. The molecule has 191 valence electrons. The van der Waals surface area contributed by atoms with Crippen molar-refractivity contribution < 1.29 is 19.4 Å². The van der Waals surface area contributed by atoms with Crippen molar-refractivity contribution in [3.05, 3.63) is 53.6 Å². The van der Waals surface area contributed by atoms with E-state index in [0.29, 0.717) is 71.8 Å². The molecule has 0 amide bonds. The van der Waals surface area contributed by atoms with E-state index in [1.54, 1.807) is 29.3 Å². The van der Waals surface area contributed by atoms with E-state index in [-0.39, 0.29) is 6.61 Å². The normalized spacial score (nSPS) is 18.3. The quantitative estimate of drug-likeness (QED) is 0.340. The van der Waals surface area contributed by atoms with Crippen molar-refractivity contribution in [3.8, 4) is 23.2 Å². The van der Waals surface area contributed by atoms with E-state index in [4.69, 9.17) is 9.47 Å². The first kappa shape index (κ1) is 25.3. The Kier molecular flexibility index (Phi) is 7.04. The highest BCUT2D eigenvalue weighted by Crippen LogP contribution is 2.44. The summed E-state index contributed by atoms with van der Waals surface area (Å²) in [6, 6.07) is 7.59. The van der Waals surface area contributed by atoms with Gasteiger partial charge in [0, 0.05) is 29.4 Å². The Balaban J connectivity index is 1.48. The van der Waals surface area contributed by atoms with Crippen molar-refractivity contribution in [1.29, 1.82) is 5.26 Å². The number of nitriles is 1. The van der Waals surface area contributed by atoms with Gasteiger partial charge in [0.25, 0.3) is 0 Å². The Hall–Kier alpha value is -4.34. The van der Waals surface area contributed by atoms with Gasteiger partial charge in [-0.05, 0) is 35.8 Å². The van der Waals surface area contributed by atoms with Crippen molar-refractivity contribution >= 4 is 36.5 Å². The molecular formula is C26H25BN7O4. The monoisotopic (exact) mass is 510 g/mol. The van der Waals surface area contributed by atoms with Crippen LogP contribution in [0.1, 0.15) is 30.3 Å². The summed E-state index contributed by atoms with van der Waals surface area (Å²) in [4.78, 5) is 30.9. The van der Waals surface area contributed by atoms with Crippen LogP contribution < -0.4 is 14.9 Å². The number of methoxy groups -OCH3 is 1. The molecule has 3 aromatic rings. The van der Waals surface area contributed by atoms with Crippen LogP contribution in [0.3, 0.4) is 0 Å². The number of hydrogen-bond donors (Lipinski definition) is 2. The average molecular weight is 510 g/mol. The lowest BCUT2D eigenvalue weighted by molar-refractivity contribution is 0.161. The van der Waals surface area contributed by atoms with E-state index in [1.165, 1.54) is 14.5 Å². The van der Waals surface area contributed by atoms with Crippen LogP contribution in [0.25, 0.3) is 16.8 Å². The number of aliphatic hydroxyl groups excluding tert-OH is 1. The Labute approximate surface area is 220 Å². The molecule has 2 aromatic heterocycles. The third-order valence-electron chi connectivity index (χ3n) is 6.67. The van der Waals surface area contributed by atoms with Gasteiger partial charge in [0.15, 0.2) is 5.82 Å². The van der Waals surface area contributed by atoms with Crippen molar-refractivity contribution in [1.82, 2.24) is 19.9 Å². The van der Waals surface area contributed by atoms with Crippen LogP contribution >= 0.6 is 0 Å². The standard InChI is InChI=1S/C26H25BN7O4/c1-26(14-35)13-34(27-15-36)22-18(11-28)9-17(10-19(22)26)20-3-6-29-25(31-20)32-21-12-30-23(33-24(21)37-2)16-4-7-38-8-5-16/h3-4,6,9-10,12,15,35H,5,7-8,13-14H2,1-2H3,(H,29,31,32)/t26-/m1/s1. The van der Waals surface area contributed by atoms with Crippen LogP contribution in [0.5, 0.6) is 5.88 Å². The number of aromatic nitrogens is 4. The minimum atomic E-state index is -0.656. The second kappa shape index (κ2) is 10.6. The number of rotatable bonds is 8. The molecule has 5 rings (SSSR count). The number of anilines is 3. The summed E-state index contributed by atoms with van der Waals surface area (Å²) in [5, 5.41) is 23.2. The number of benzene rings is 1. The fraction of sp³-hybridized carbons (Fsp3) is 0.308. The number of aliphatic hydroxyl groups is 1. The number of carbonyl (C=O) groups excluding carboxylic acids is 1. The second-order valence-corrected chi connectivity index (χ2v) is 9.22. The molecule has 0 fully saturated rings. The zero-order valence-corrected chi connectivity index (χ0v) is 21.0. The molecule has 0 unspecified atom stereocenters. The summed E-state index contributed by atoms with van der Waals surface area (Å²) in [5.74, 6) is 1.23. The number of hydrogen-bond acceptors (Lipinski definition) is 11. The van der Waals surface area contributed by atoms with Crippen LogP contribution in [0.2, 0.25) is 0 Å². The SMILES string of the molecule is COc1nc(C2=CCOCC2)ncc1Nc1nccc(-c2cc(C#N)c3c(c2)[C@@](C)(CO)CN3[B]C=O)n1. The van der Waals surface area contributed by atoms with Crippen LogP contribution in [-0.2, 0) is 14.9 Å². The summed E-state index contributed by atoms with van der Waals surface area (Å²) >= 11 is 0. The van der Waals surface area contributed by atoms with Gasteiger partial charge in [-0.1, -0.05) is 13.0 Å². The zero-order valence-electron chi connectivity index (χ0n) is 21.0. The number of nitrogens with zero attached hydrogens (tertiary/aromatic N) is 6. The summed E-state index contributed by atoms with van der Waals surface area (Å²) in [5.41, 5.74) is 3.88. The van der Waals surface area contributed by atoms with E-state index < -0.39 is 5.41 Å². The zero-order chi connectivity index (χ0) is 26.7. The van der Waals surface area contributed by atoms with Crippen molar-refractivity contribution in [3.63, 3.8) is 0 Å². The summed E-state index contributed by atoms with van der Waals surface area (Å²) in [7, 11) is 2.91. The first-order chi connectivity index (χ1) is 18.5. The van der Waals surface area contributed by atoms with Gasteiger partial charge in [-0.25, -0.2) is 15.0 Å². The molecule has 12 heteroatoms. The number of fused-ring (bicyclic) bond motifs is 1. The fourth-order valence-electron chi connectivity index (χ4n) is 4.71. The van der Waals surface area contributed by atoms with Crippen molar-refractivity contribution in [2.24, 2.45) is 0 Å². The molecule has 1 atom stereocenters. The predicted octanol–water partition coefficient (Wildman–Crippen LogP) is 2.24. The van der Waals surface area contributed by atoms with Crippen LogP contribution in [0.15, 0.2) is 36.7 Å². The first-order valence-corrected chi connectivity index (χ1v) is 12.0. The molecule has 2 aliphatic heterocycles. The number of ether oxygens (including phenoxy) is 2. The molecule has 0 saturated heterocycles. The fourth-order valence-corrected chi connectivity index (χ4v) is 4.71. The van der Waals surface area contributed by atoms with E-state index in [1.807, 2.05) is 19.1 Å². The van der Waals surface area contributed by atoms with Crippen molar-refractivity contribution in [2.75, 3.05) is 43.6 Å². The van der Waals surface area contributed by atoms with Gasteiger partial charge >= 0.3 is 7.41 Å². The highest BCUT2D eigenvalue weighted by molar-refractivity contribution is 6.70. The van der Waals surface area contributed by atoms with Gasteiger partial charge in [-0.3, -0.25) is 0 Å². The van der Waals surface area contributed by atoms with Crippen LogP contribution in [0.4, 0.5) is 17.3 Å². The highest BCUT2D eigenvalue weighted by Gasteiger charge is 2.40. The van der Waals surface area contributed by atoms with Gasteiger partial charge < -0.3 is 29.5 Å². The molecule has 2 N–H and O–H groups in total. The molecule has 0 bridgehead atoms. The molecule has 0 saturated carbocycles. The molecule has 0 aliphatic carbocycles. The predicted molar refractivity (Wildman–Crippen MR) is 142 cm³/mol. The topological polar surface area (TPSA) is 146 Å². The Bertz CT molecular complexity index is 1460. The average Bonchev–Trinajstić information content (AvgIpc) is 3.25. The third kappa shape index (κ3) is 4.69. The Morgan fingerprint density at radius 1 is 1.37 bits per heavy atom. The summed E-state index contributed by atoms with van der Waals surface area (Å²) < 4.78 is 10.9. The lowest BCUT2D eigenvalue weighted by atomic mass is 9.83. The molecule has 2 aliphatic rings. The number of carbonyl (C=O) groups is 1. The van der Waals surface area contributed by atoms with Gasteiger partial charge in [0.1, 0.15) is 17.9 Å². The van der Waals surface area contributed by atoms with Crippen molar-refractivity contribution in [2.45, 2.75) is 18.8 Å². The minimum absolute atomic E-state index is 0.145. The minimum Gasteiger partial charge on any atom is -0.479 e. The second-order valence-electron chi connectivity index (χ2n) is 9.22. The smallest absolute Gasteiger partial charge is 0.329 e. The van der Waals surface area contributed by atoms with Gasteiger partial charge in [0.2, 0.25) is 11.8 Å². The summed E-state index contributed by atoms with van der Waals surface area (Å²) in [6.07, 6.45) is 6.60. The largest absolute Gasteiger partial charge is 0.479 e. The van der Waals surface area contributed by atoms with E-state index in [9.17, 15) is 15.2 Å². The maximum atomic E-state index is 11.2. The Morgan fingerprint density at radius 2 is 2.24 bits per heavy atom. The molecule has 1 radical (unpaired) electrons. The summed E-state index contributed by atoms with van der Waals surface area (Å²) in [6.45, 7) is 3.29. The highest BCUT2D eigenvalue weighted by atomic mass is 16.5. The lowest BCUT2D eigenvalue weighted by Crippen LogP contribution is -2.36. The Morgan fingerprint density at radius 3 is 2.95 bits per heavy atom. The molecule has 4 heterocycles. The third-order valence-corrected chi connectivity index (χ3v) is 6.67. The molecule has 11 nitrogen and oxygen atoms in total. The lowest BCUT2D eigenvalue weighted by Gasteiger charge is -2.23. The van der Waals surface area contributed by atoms with E-state index in [0.717, 1.165) is 17.6 Å². The van der Waals surface area contributed by atoms with E-state index in [2.05, 4.69) is 31.3 Å². The molecular weight excluding hydrogens is 485 g/mol. The van der Waals surface area contributed by atoms with Gasteiger partial charge in [0.05, 0.1) is 44.4 Å². The molecule has 1 aromatic carbocycles. The number of nitrogens with one attached hydrogen (secondary N) is 1. The van der Waals surface area contributed by atoms with Crippen LogP contribution in [-0.4, -0.2) is 72.1 Å². The first-order valence-electron chi connectivity index (χ1n) is 12.0. The molecule has 0 spiro atoms. The molecule has 38 heavy (non-hydrogen) atoms. The van der Waals surface area contributed by atoms with Gasteiger partial charge in [-0.15, -0.1) is 0 Å². The van der Waals surface area contributed by atoms with E-state index >= 15 is 0 Å². The maximum Gasteiger partial charge on any atom is 0.329 e. The van der Waals surface area contributed by atoms with Crippen LogP contribution in [0, 0.1) is 11.3 Å². The van der Waals surface area contributed by atoms with Gasteiger partial charge in [-0.2, -0.15) is 10.2 Å².